The van der Waals surface area contributed by atoms with Gasteiger partial charge in [0.15, 0.2) is 0 Å². The van der Waals surface area contributed by atoms with Gasteiger partial charge in [-0.2, -0.15) is 0 Å². The summed E-state index contributed by atoms with van der Waals surface area (Å²) in [5.74, 6) is -0.700. The van der Waals surface area contributed by atoms with Crippen molar-refractivity contribution < 1.29 is 9.90 Å². The molecule has 1 fully saturated rings. The zero-order chi connectivity index (χ0) is 10.8. The summed E-state index contributed by atoms with van der Waals surface area (Å²) in [6.07, 6.45) is 3.93. The number of hydrogen-bond donors (Lipinski definition) is 1. The second kappa shape index (κ2) is 4.30. The van der Waals surface area contributed by atoms with Crippen LogP contribution in [0.1, 0.15) is 39.5 Å². The standard InChI is InChI=1S/C11H21NO2/c1-11(2)6-4-9(8-11)12(3)7-5-10(13)14/h9H,4-8H2,1-3H3,(H,13,14). The lowest BCUT2D eigenvalue weighted by Gasteiger charge is -2.25. The van der Waals surface area contributed by atoms with E-state index in [1.165, 1.54) is 19.3 Å². The van der Waals surface area contributed by atoms with Gasteiger partial charge in [-0.25, -0.2) is 0 Å². The zero-order valence-corrected chi connectivity index (χ0v) is 9.42. The number of carboxylic acids is 1. The van der Waals surface area contributed by atoms with E-state index in [-0.39, 0.29) is 6.42 Å². The lowest BCUT2D eigenvalue weighted by molar-refractivity contribution is -0.137. The Labute approximate surface area is 86.1 Å². The number of hydrogen-bond acceptors (Lipinski definition) is 2. The summed E-state index contributed by atoms with van der Waals surface area (Å²) >= 11 is 0. The number of carbonyl (C=O) groups is 1. The van der Waals surface area contributed by atoms with Crippen LogP contribution in [0.2, 0.25) is 0 Å². The third-order valence-corrected chi connectivity index (χ3v) is 3.24. The van der Waals surface area contributed by atoms with E-state index in [4.69, 9.17) is 5.11 Å². The molecule has 0 aliphatic heterocycles. The number of nitrogens with zero attached hydrogens (tertiary/aromatic N) is 1. The zero-order valence-electron chi connectivity index (χ0n) is 9.42. The molecule has 0 bridgehead atoms. The molecule has 1 N–H and O–H groups in total. The summed E-state index contributed by atoms with van der Waals surface area (Å²) in [7, 11) is 2.04. The topological polar surface area (TPSA) is 40.5 Å². The summed E-state index contributed by atoms with van der Waals surface area (Å²) < 4.78 is 0. The summed E-state index contributed by atoms with van der Waals surface area (Å²) in [6, 6.07) is 0.587. The molecule has 1 rings (SSSR count). The maximum absolute atomic E-state index is 10.4. The van der Waals surface area contributed by atoms with Gasteiger partial charge in [0.2, 0.25) is 0 Å². The van der Waals surface area contributed by atoms with Crippen molar-refractivity contribution in [3.05, 3.63) is 0 Å². The summed E-state index contributed by atoms with van der Waals surface area (Å²) in [5, 5.41) is 8.58. The normalized spacial score (nSPS) is 25.6. The van der Waals surface area contributed by atoms with Crippen molar-refractivity contribution in [2.75, 3.05) is 13.6 Å². The molecule has 0 radical (unpaired) electrons. The van der Waals surface area contributed by atoms with Crippen molar-refractivity contribution in [2.24, 2.45) is 5.41 Å². The van der Waals surface area contributed by atoms with Crippen LogP contribution in [0.3, 0.4) is 0 Å². The van der Waals surface area contributed by atoms with Gasteiger partial charge in [-0.15, -0.1) is 0 Å². The Morgan fingerprint density at radius 1 is 1.57 bits per heavy atom. The lowest BCUT2D eigenvalue weighted by atomic mass is 9.91. The van der Waals surface area contributed by atoms with Crippen LogP contribution >= 0.6 is 0 Å². The Bertz CT molecular complexity index is 213. The van der Waals surface area contributed by atoms with Gasteiger partial charge in [-0.3, -0.25) is 4.79 Å². The highest BCUT2D eigenvalue weighted by molar-refractivity contribution is 5.66. The Hall–Kier alpha value is -0.570. The smallest absolute Gasteiger partial charge is 0.304 e. The molecule has 0 amide bonds. The molecule has 0 aromatic heterocycles. The molecule has 1 aliphatic carbocycles. The first-order valence-electron chi connectivity index (χ1n) is 5.33. The third kappa shape index (κ3) is 3.29. The van der Waals surface area contributed by atoms with Crippen LogP contribution in [0.25, 0.3) is 0 Å². The fourth-order valence-electron chi connectivity index (χ4n) is 2.23. The maximum atomic E-state index is 10.4. The molecule has 0 aromatic rings. The van der Waals surface area contributed by atoms with Crippen LogP contribution < -0.4 is 0 Å². The molecule has 1 unspecified atom stereocenters. The van der Waals surface area contributed by atoms with E-state index in [0.29, 0.717) is 18.0 Å². The average Bonchev–Trinajstić information content (AvgIpc) is 2.41. The van der Waals surface area contributed by atoms with E-state index < -0.39 is 5.97 Å². The second-order valence-corrected chi connectivity index (χ2v) is 5.19. The van der Waals surface area contributed by atoms with Crippen LogP contribution in [0.5, 0.6) is 0 Å². The van der Waals surface area contributed by atoms with Crippen molar-refractivity contribution >= 4 is 5.97 Å². The maximum Gasteiger partial charge on any atom is 0.304 e. The van der Waals surface area contributed by atoms with Crippen LogP contribution in [0, 0.1) is 5.41 Å². The molecule has 0 aromatic carbocycles. The summed E-state index contributed by atoms with van der Waals surface area (Å²) in [6.45, 7) is 5.26. The minimum Gasteiger partial charge on any atom is -0.481 e. The molecule has 3 nitrogen and oxygen atoms in total. The predicted molar refractivity (Wildman–Crippen MR) is 56.3 cm³/mol. The Morgan fingerprint density at radius 3 is 2.64 bits per heavy atom. The highest BCUT2D eigenvalue weighted by Gasteiger charge is 2.32. The van der Waals surface area contributed by atoms with Gasteiger partial charge < -0.3 is 10.0 Å². The molecule has 0 spiro atoms. The lowest BCUT2D eigenvalue weighted by Crippen LogP contribution is -2.32. The second-order valence-electron chi connectivity index (χ2n) is 5.19. The predicted octanol–water partition coefficient (Wildman–Crippen LogP) is 1.97. The average molecular weight is 199 g/mol. The van der Waals surface area contributed by atoms with Crippen LogP contribution in [0.15, 0.2) is 0 Å². The van der Waals surface area contributed by atoms with Crippen LogP contribution in [0.4, 0.5) is 0 Å². The molecule has 0 heterocycles. The molecule has 0 saturated heterocycles. The molecular formula is C11H21NO2. The first kappa shape index (κ1) is 11.5. The van der Waals surface area contributed by atoms with E-state index in [1.807, 2.05) is 7.05 Å². The molecule has 82 valence electrons. The summed E-state index contributed by atoms with van der Waals surface area (Å²) in [4.78, 5) is 12.6. The van der Waals surface area contributed by atoms with Crippen molar-refractivity contribution in [2.45, 2.75) is 45.6 Å². The minimum atomic E-state index is -0.700. The van der Waals surface area contributed by atoms with Crippen molar-refractivity contribution in [3.8, 4) is 0 Å². The fraction of sp³-hybridized carbons (Fsp3) is 0.909. The van der Waals surface area contributed by atoms with Crippen LogP contribution in [-0.2, 0) is 4.79 Å². The largest absolute Gasteiger partial charge is 0.481 e. The summed E-state index contributed by atoms with van der Waals surface area (Å²) in [5.41, 5.74) is 0.447. The van der Waals surface area contributed by atoms with Crippen molar-refractivity contribution in [3.63, 3.8) is 0 Å². The van der Waals surface area contributed by atoms with Gasteiger partial charge in [0.25, 0.3) is 0 Å². The Kier molecular flexibility index (Phi) is 3.53. The highest BCUT2D eigenvalue weighted by atomic mass is 16.4. The van der Waals surface area contributed by atoms with E-state index in [9.17, 15) is 4.79 Å². The monoisotopic (exact) mass is 199 g/mol. The SMILES string of the molecule is CN(CCC(=O)O)C1CCC(C)(C)C1. The molecular weight excluding hydrogens is 178 g/mol. The Morgan fingerprint density at radius 2 is 2.21 bits per heavy atom. The van der Waals surface area contributed by atoms with E-state index in [1.54, 1.807) is 0 Å². The highest BCUT2D eigenvalue weighted by Crippen LogP contribution is 2.38. The van der Waals surface area contributed by atoms with Gasteiger partial charge in [0.1, 0.15) is 0 Å². The molecule has 1 saturated carbocycles. The van der Waals surface area contributed by atoms with Crippen molar-refractivity contribution in [1.29, 1.82) is 0 Å². The van der Waals surface area contributed by atoms with E-state index in [2.05, 4.69) is 18.7 Å². The minimum absolute atomic E-state index is 0.257. The first-order chi connectivity index (χ1) is 6.41. The third-order valence-electron chi connectivity index (χ3n) is 3.24. The van der Waals surface area contributed by atoms with Gasteiger partial charge in [-0.05, 0) is 31.7 Å². The number of carboxylic acid groups (broad SMARTS) is 1. The first-order valence-corrected chi connectivity index (χ1v) is 5.33. The van der Waals surface area contributed by atoms with Crippen LogP contribution in [-0.4, -0.2) is 35.6 Å². The van der Waals surface area contributed by atoms with E-state index in [0.717, 1.165) is 0 Å². The quantitative estimate of drug-likeness (QED) is 0.752. The molecule has 1 atom stereocenters. The van der Waals surface area contributed by atoms with Gasteiger partial charge in [0.05, 0.1) is 6.42 Å². The molecule has 3 heteroatoms. The van der Waals surface area contributed by atoms with Gasteiger partial charge >= 0.3 is 5.97 Å². The number of rotatable bonds is 4. The van der Waals surface area contributed by atoms with Gasteiger partial charge in [-0.1, -0.05) is 13.8 Å². The van der Waals surface area contributed by atoms with Gasteiger partial charge in [0, 0.05) is 12.6 Å². The molecule has 14 heavy (non-hydrogen) atoms. The van der Waals surface area contributed by atoms with E-state index >= 15 is 0 Å². The molecule has 1 aliphatic rings. The number of aliphatic carboxylic acids is 1. The fourth-order valence-corrected chi connectivity index (χ4v) is 2.23. The Balaban J connectivity index is 2.32. The van der Waals surface area contributed by atoms with Crippen molar-refractivity contribution in [1.82, 2.24) is 4.90 Å².